The fourth-order valence-electron chi connectivity index (χ4n) is 3.05. The number of carbonyl (C=O) groups is 2. The first-order valence-electron chi connectivity index (χ1n) is 8.52. The van der Waals surface area contributed by atoms with Gasteiger partial charge in [-0.25, -0.2) is 9.59 Å². The van der Waals surface area contributed by atoms with E-state index in [1.165, 1.54) is 12.1 Å². The Labute approximate surface area is 267 Å². The Morgan fingerprint density at radius 3 is 1.25 bits per heavy atom. The molecule has 0 saturated carbocycles. The zero-order chi connectivity index (χ0) is 22.0. The molecule has 0 aromatic heterocycles. The molecule has 4 aromatic carbocycles. The van der Waals surface area contributed by atoms with Gasteiger partial charge >= 0.3 is 115 Å². The predicted molar refractivity (Wildman–Crippen MR) is 104 cm³/mol. The van der Waals surface area contributed by atoms with Crippen molar-refractivity contribution in [3.05, 3.63) is 71.8 Å². The van der Waals surface area contributed by atoms with E-state index in [1.807, 2.05) is 0 Å². The van der Waals surface area contributed by atoms with Gasteiger partial charge in [0.25, 0.3) is 0 Å². The summed E-state index contributed by atoms with van der Waals surface area (Å²) >= 11 is 0. The van der Waals surface area contributed by atoms with E-state index in [0.717, 1.165) is 0 Å². The monoisotopic (exact) mass is 484 g/mol. The van der Waals surface area contributed by atoms with Gasteiger partial charge in [-0.15, -0.1) is 0 Å². The average molecular weight is 485 g/mol. The van der Waals surface area contributed by atoms with Crippen molar-refractivity contribution in [2.24, 2.45) is 0 Å². The fraction of sp³-hybridized carbons (Fsp3) is 0. The molecule has 4 N–H and O–H groups in total. The number of aromatic hydroxyl groups is 2. The van der Waals surface area contributed by atoms with Crippen molar-refractivity contribution in [2.45, 2.75) is 0 Å². The number of aromatic carboxylic acids is 2. The van der Waals surface area contributed by atoms with Crippen LogP contribution in [0.2, 0.25) is 0 Å². The van der Waals surface area contributed by atoms with E-state index in [0.29, 0.717) is 21.5 Å². The molecule has 10 heteroatoms. The second kappa shape index (κ2) is 12.3. The molecule has 0 aliphatic rings. The van der Waals surface area contributed by atoms with E-state index < -0.39 is 34.9 Å². The summed E-state index contributed by atoms with van der Waals surface area (Å²) in [6.07, 6.45) is 0. The number of benzene rings is 4. The van der Waals surface area contributed by atoms with Crippen LogP contribution in [0.25, 0.3) is 21.5 Å². The average Bonchev–Trinajstić information content (AvgIpc) is 2.69. The molecule has 0 aliphatic carbocycles. The van der Waals surface area contributed by atoms with Crippen LogP contribution in [0.5, 0.6) is 23.0 Å². The van der Waals surface area contributed by atoms with Crippen LogP contribution in [0.3, 0.4) is 0 Å². The molecule has 0 bridgehead atoms. The van der Waals surface area contributed by atoms with Crippen molar-refractivity contribution in [3.63, 3.8) is 0 Å². The van der Waals surface area contributed by atoms with Crippen molar-refractivity contribution in [1.29, 1.82) is 0 Å². The van der Waals surface area contributed by atoms with Gasteiger partial charge in [-0.2, -0.15) is 0 Å². The normalized spacial score (nSPS) is 9.75. The number of phenols is 2. The number of hydrogen-bond acceptors (Lipinski definition) is 6. The van der Waals surface area contributed by atoms with Crippen LogP contribution >= 0.6 is 0 Å². The summed E-state index contributed by atoms with van der Waals surface area (Å²) in [7, 11) is 0. The van der Waals surface area contributed by atoms with Gasteiger partial charge in [0, 0.05) is 0 Å². The third-order valence-corrected chi connectivity index (χ3v) is 4.39. The molecule has 152 valence electrons. The van der Waals surface area contributed by atoms with Crippen LogP contribution in [-0.4, -0.2) is 32.4 Å². The van der Waals surface area contributed by atoms with E-state index in [-0.39, 0.29) is 114 Å². The van der Waals surface area contributed by atoms with Crippen LogP contribution in [0, 0.1) is 0 Å². The number of carboxylic acid groups (broad SMARTS) is 2. The molecule has 32 heavy (non-hydrogen) atoms. The van der Waals surface area contributed by atoms with Crippen LogP contribution in [0.4, 0.5) is 0 Å². The number of hydrogen-bond donors (Lipinski definition) is 4. The second-order valence-corrected chi connectivity index (χ2v) is 6.25. The van der Waals surface area contributed by atoms with E-state index >= 15 is 0 Å². The minimum Gasteiger partial charge on any atom is -0.869 e. The molecule has 4 aromatic rings. The molecular weight excluding hydrogens is 470 g/mol. The zero-order valence-corrected chi connectivity index (χ0v) is 23.4. The molecule has 0 spiro atoms. The molecule has 0 unspecified atom stereocenters. The molecule has 8 nitrogen and oxygen atoms in total. The molecule has 0 aliphatic heterocycles. The number of rotatable bonds is 2. The SMILES string of the molecule is O=C(O)c1c([O-])c(O)cc2ccccc12.O=C(O)c1c([O-])c(O)cc2ccccc12.[K+].[K+]. The van der Waals surface area contributed by atoms with Gasteiger partial charge in [-0.3, -0.25) is 0 Å². The van der Waals surface area contributed by atoms with Gasteiger partial charge in [0.2, 0.25) is 0 Å². The molecule has 0 amide bonds. The Bertz CT molecular complexity index is 1200. The summed E-state index contributed by atoms with van der Waals surface area (Å²) in [6.45, 7) is 0. The number of phenolic OH excluding ortho intramolecular Hbond substituents is 2. The van der Waals surface area contributed by atoms with E-state index in [9.17, 15) is 30.0 Å². The second-order valence-electron chi connectivity index (χ2n) is 6.25. The van der Waals surface area contributed by atoms with Gasteiger partial charge in [0.15, 0.2) is 0 Å². The van der Waals surface area contributed by atoms with Gasteiger partial charge in [-0.1, -0.05) is 60.0 Å². The molecule has 0 heterocycles. The Morgan fingerprint density at radius 2 is 0.938 bits per heavy atom. The topological polar surface area (TPSA) is 161 Å². The fourth-order valence-corrected chi connectivity index (χ4v) is 3.05. The van der Waals surface area contributed by atoms with Crippen LogP contribution in [-0.2, 0) is 0 Å². The Balaban J connectivity index is 0.000000301. The van der Waals surface area contributed by atoms with Crippen molar-refractivity contribution in [1.82, 2.24) is 0 Å². The Hall–Kier alpha value is -1.19. The maximum absolute atomic E-state index is 11.4. The minimum atomic E-state index is -1.33. The number of carboxylic acids is 2. The van der Waals surface area contributed by atoms with Gasteiger partial charge < -0.3 is 30.6 Å². The van der Waals surface area contributed by atoms with Crippen LogP contribution in [0.15, 0.2) is 60.7 Å². The molecule has 4 rings (SSSR count). The summed E-state index contributed by atoms with van der Waals surface area (Å²) in [6, 6.07) is 15.6. The van der Waals surface area contributed by atoms with Gasteiger partial charge in [0.1, 0.15) is 11.5 Å². The third kappa shape index (κ3) is 6.03. The van der Waals surface area contributed by atoms with Crippen molar-refractivity contribution >= 4 is 33.5 Å². The Kier molecular flexibility index (Phi) is 11.1. The third-order valence-electron chi connectivity index (χ3n) is 4.39. The van der Waals surface area contributed by atoms with Crippen molar-refractivity contribution in [3.8, 4) is 23.0 Å². The molecule has 0 saturated heterocycles. The van der Waals surface area contributed by atoms with Gasteiger partial charge in [0.05, 0.1) is 11.1 Å². The smallest absolute Gasteiger partial charge is 0.869 e. The Morgan fingerprint density at radius 1 is 0.625 bits per heavy atom. The van der Waals surface area contributed by atoms with E-state index in [4.69, 9.17) is 10.2 Å². The largest absolute Gasteiger partial charge is 1.00 e. The van der Waals surface area contributed by atoms with Crippen LogP contribution in [0.1, 0.15) is 20.7 Å². The number of fused-ring (bicyclic) bond motifs is 2. The maximum atomic E-state index is 11.4. The van der Waals surface area contributed by atoms with Crippen LogP contribution < -0.4 is 113 Å². The summed E-state index contributed by atoms with van der Waals surface area (Å²) < 4.78 is 0. The first-order chi connectivity index (χ1) is 14.2. The minimum absolute atomic E-state index is 0. The molecule has 0 fully saturated rings. The zero-order valence-electron chi connectivity index (χ0n) is 17.2. The standard InChI is InChI=1S/2C11H8O4.2K/c2*12-8-5-6-3-1-2-4-7(6)9(10(8)13)11(14)15;;/h2*1-5,12-13H,(H,14,15);;/q;;2*+1/p-2. The molecule has 0 atom stereocenters. The quantitative estimate of drug-likeness (QED) is 0.215. The molecule has 0 radical (unpaired) electrons. The summed E-state index contributed by atoms with van der Waals surface area (Å²) in [5.74, 6) is -5.42. The summed E-state index contributed by atoms with van der Waals surface area (Å²) in [4.78, 5) is 21.8. The van der Waals surface area contributed by atoms with Crippen molar-refractivity contribution in [2.75, 3.05) is 0 Å². The first-order valence-corrected chi connectivity index (χ1v) is 8.52. The first kappa shape index (κ1) is 28.8. The summed E-state index contributed by atoms with van der Waals surface area (Å²) in [5, 5.41) is 60.8. The molecular formula is C22H14K2O8. The van der Waals surface area contributed by atoms with E-state index in [1.54, 1.807) is 48.5 Å². The van der Waals surface area contributed by atoms with Gasteiger partial charge in [-0.05, 0) is 33.7 Å². The maximum Gasteiger partial charge on any atom is 1.00 e. The summed E-state index contributed by atoms with van der Waals surface area (Å²) in [5.41, 5.74) is -0.767. The predicted octanol–water partition coefficient (Wildman–Crippen LogP) is -3.36. The van der Waals surface area contributed by atoms with Crippen molar-refractivity contribution < 1.29 is 143 Å². The van der Waals surface area contributed by atoms with E-state index in [2.05, 4.69) is 0 Å².